The SMILES string of the molecule is C=Cc1ccc2[nH]c(=O)c(-c3cnc[nH]3)c(-c3ccncc3)c2c1. The molecule has 116 valence electrons. The number of benzene rings is 1. The van der Waals surface area contributed by atoms with E-state index in [2.05, 4.69) is 26.5 Å². The Morgan fingerprint density at radius 3 is 2.58 bits per heavy atom. The Hall–Kier alpha value is -3.47. The van der Waals surface area contributed by atoms with Crippen LogP contribution in [0.1, 0.15) is 5.56 Å². The minimum atomic E-state index is -0.162. The van der Waals surface area contributed by atoms with Crippen molar-refractivity contribution in [1.29, 1.82) is 0 Å². The number of hydrogen-bond donors (Lipinski definition) is 2. The molecule has 3 heterocycles. The Balaban J connectivity index is 2.19. The van der Waals surface area contributed by atoms with E-state index in [1.807, 2.05) is 30.3 Å². The van der Waals surface area contributed by atoms with Crippen molar-refractivity contribution >= 4 is 17.0 Å². The van der Waals surface area contributed by atoms with Crippen molar-refractivity contribution in [2.75, 3.05) is 0 Å². The molecule has 3 aromatic heterocycles. The molecule has 0 spiro atoms. The first-order valence-corrected chi connectivity index (χ1v) is 7.49. The van der Waals surface area contributed by atoms with Crippen molar-refractivity contribution in [3.05, 3.63) is 77.7 Å². The lowest BCUT2D eigenvalue weighted by Gasteiger charge is -2.12. The van der Waals surface area contributed by atoms with Crippen molar-refractivity contribution in [3.8, 4) is 22.4 Å². The summed E-state index contributed by atoms with van der Waals surface area (Å²) in [5.74, 6) is 0. The van der Waals surface area contributed by atoms with E-state index in [4.69, 9.17) is 0 Å². The molecule has 1 aromatic carbocycles. The summed E-state index contributed by atoms with van der Waals surface area (Å²) in [7, 11) is 0. The average Bonchev–Trinajstić information content (AvgIpc) is 3.15. The summed E-state index contributed by atoms with van der Waals surface area (Å²) in [6.07, 6.45) is 8.44. The van der Waals surface area contributed by atoms with Gasteiger partial charge in [-0.25, -0.2) is 4.98 Å². The van der Waals surface area contributed by atoms with Crippen molar-refractivity contribution in [1.82, 2.24) is 19.9 Å². The van der Waals surface area contributed by atoms with Gasteiger partial charge in [0, 0.05) is 28.9 Å². The summed E-state index contributed by atoms with van der Waals surface area (Å²) < 4.78 is 0. The molecule has 0 fully saturated rings. The molecule has 5 nitrogen and oxygen atoms in total. The van der Waals surface area contributed by atoms with E-state index >= 15 is 0 Å². The number of pyridine rings is 2. The van der Waals surface area contributed by atoms with E-state index in [-0.39, 0.29) is 5.56 Å². The summed E-state index contributed by atoms with van der Waals surface area (Å²) in [6, 6.07) is 9.64. The highest BCUT2D eigenvalue weighted by Crippen LogP contribution is 2.34. The molecule has 0 atom stereocenters. The summed E-state index contributed by atoms with van der Waals surface area (Å²) in [5.41, 5.74) is 4.61. The lowest BCUT2D eigenvalue weighted by Crippen LogP contribution is -2.11. The molecule has 5 heteroatoms. The highest BCUT2D eigenvalue weighted by molar-refractivity contribution is 6.02. The van der Waals surface area contributed by atoms with Crippen LogP contribution in [0.15, 0.2) is 66.6 Å². The van der Waals surface area contributed by atoms with Gasteiger partial charge in [-0.2, -0.15) is 0 Å². The molecule has 24 heavy (non-hydrogen) atoms. The maximum absolute atomic E-state index is 12.7. The Morgan fingerprint density at radius 1 is 1.04 bits per heavy atom. The van der Waals surface area contributed by atoms with Gasteiger partial charge in [0.1, 0.15) is 0 Å². The Labute approximate surface area is 137 Å². The van der Waals surface area contributed by atoms with Gasteiger partial charge in [0.15, 0.2) is 0 Å². The molecule has 0 unspecified atom stereocenters. The van der Waals surface area contributed by atoms with Crippen LogP contribution < -0.4 is 5.56 Å². The van der Waals surface area contributed by atoms with E-state index in [1.165, 1.54) is 0 Å². The quantitative estimate of drug-likeness (QED) is 0.606. The zero-order valence-electron chi connectivity index (χ0n) is 12.8. The monoisotopic (exact) mass is 314 g/mol. The minimum Gasteiger partial charge on any atom is -0.344 e. The Bertz CT molecular complexity index is 1080. The molecule has 0 amide bonds. The van der Waals surface area contributed by atoms with Crippen LogP contribution in [0.5, 0.6) is 0 Å². The maximum Gasteiger partial charge on any atom is 0.258 e. The molecule has 0 saturated carbocycles. The molecule has 0 aliphatic rings. The normalized spacial score (nSPS) is 10.8. The highest BCUT2D eigenvalue weighted by Gasteiger charge is 2.17. The van der Waals surface area contributed by atoms with Crippen LogP contribution in [0.3, 0.4) is 0 Å². The molecule has 4 rings (SSSR count). The van der Waals surface area contributed by atoms with E-state index in [9.17, 15) is 4.79 Å². The van der Waals surface area contributed by atoms with Crippen molar-refractivity contribution in [3.63, 3.8) is 0 Å². The summed E-state index contributed by atoms with van der Waals surface area (Å²) in [4.78, 5) is 26.9. The van der Waals surface area contributed by atoms with Gasteiger partial charge < -0.3 is 9.97 Å². The molecule has 0 bridgehead atoms. The standard InChI is InChI=1S/C19H14N4O/c1-2-12-3-4-15-14(9-12)17(13-5-7-20-8-6-13)18(19(24)23-15)16-10-21-11-22-16/h2-11H,1H2,(H,21,22)(H,23,24). The fourth-order valence-corrected chi connectivity index (χ4v) is 2.91. The van der Waals surface area contributed by atoms with Crippen LogP contribution in [0, 0.1) is 0 Å². The van der Waals surface area contributed by atoms with Gasteiger partial charge in [0.05, 0.1) is 23.8 Å². The van der Waals surface area contributed by atoms with Gasteiger partial charge >= 0.3 is 0 Å². The third-order valence-corrected chi connectivity index (χ3v) is 4.01. The number of hydrogen-bond acceptors (Lipinski definition) is 3. The lowest BCUT2D eigenvalue weighted by atomic mass is 9.94. The molecule has 0 radical (unpaired) electrons. The summed E-state index contributed by atoms with van der Waals surface area (Å²) >= 11 is 0. The second kappa shape index (κ2) is 5.62. The lowest BCUT2D eigenvalue weighted by molar-refractivity contribution is 1.27. The average molecular weight is 314 g/mol. The van der Waals surface area contributed by atoms with Gasteiger partial charge in [-0.05, 0) is 35.4 Å². The fraction of sp³-hybridized carbons (Fsp3) is 0. The largest absolute Gasteiger partial charge is 0.344 e. The number of fused-ring (bicyclic) bond motifs is 1. The first kappa shape index (κ1) is 14.1. The molecule has 4 aromatic rings. The van der Waals surface area contributed by atoms with Crippen LogP contribution in [0.2, 0.25) is 0 Å². The highest BCUT2D eigenvalue weighted by atomic mass is 16.1. The van der Waals surface area contributed by atoms with E-state index in [1.54, 1.807) is 31.0 Å². The van der Waals surface area contributed by atoms with E-state index in [0.717, 1.165) is 27.6 Å². The topological polar surface area (TPSA) is 74.4 Å². The number of imidazole rings is 1. The Morgan fingerprint density at radius 2 is 1.88 bits per heavy atom. The van der Waals surface area contributed by atoms with Crippen LogP contribution >= 0.6 is 0 Å². The van der Waals surface area contributed by atoms with E-state index in [0.29, 0.717) is 11.3 Å². The molecular weight excluding hydrogens is 300 g/mol. The smallest absolute Gasteiger partial charge is 0.258 e. The predicted molar refractivity (Wildman–Crippen MR) is 95.5 cm³/mol. The second-order valence-electron chi connectivity index (χ2n) is 5.41. The first-order valence-electron chi connectivity index (χ1n) is 7.49. The van der Waals surface area contributed by atoms with E-state index < -0.39 is 0 Å². The van der Waals surface area contributed by atoms with Crippen molar-refractivity contribution in [2.24, 2.45) is 0 Å². The molecule has 0 aliphatic heterocycles. The fourth-order valence-electron chi connectivity index (χ4n) is 2.91. The molecular formula is C19H14N4O. The number of aromatic nitrogens is 4. The molecule has 2 N–H and O–H groups in total. The van der Waals surface area contributed by atoms with Crippen LogP contribution in [-0.2, 0) is 0 Å². The van der Waals surface area contributed by atoms with Crippen LogP contribution in [0.25, 0.3) is 39.4 Å². The van der Waals surface area contributed by atoms with Crippen LogP contribution in [0.4, 0.5) is 0 Å². The minimum absolute atomic E-state index is 0.162. The predicted octanol–water partition coefficient (Wildman–Crippen LogP) is 3.62. The summed E-state index contributed by atoms with van der Waals surface area (Å²) in [5, 5.41) is 0.947. The van der Waals surface area contributed by atoms with Gasteiger partial charge in [-0.1, -0.05) is 18.7 Å². The molecule has 0 saturated heterocycles. The number of nitrogens with zero attached hydrogens (tertiary/aromatic N) is 2. The van der Waals surface area contributed by atoms with Crippen molar-refractivity contribution < 1.29 is 0 Å². The zero-order chi connectivity index (χ0) is 16.5. The van der Waals surface area contributed by atoms with Gasteiger partial charge in [-0.3, -0.25) is 9.78 Å². The molecule has 0 aliphatic carbocycles. The number of nitrogens with one attached hydrogen (secondary N) is 2. The number of rotatable bonds is 3. The van der Waals surface area contributed by atoms with Crippen LogP contribution in [-0.4, -0.2) is 19.9 Å². The number of H-pyrrole nitrogens is 2. The summed E-state index contributed by atoms with van der Waals surface area (Å²) in [6.45, 7) is 3.83. The van der Waals surface area contributed by atoms with Crippen molar-refractivity contribution in [2.45, 2.75) is 0 Å². The van der Waals surface area contributed by atoms with Gasteiger partial charge in [-0.15, -0.1) is 0 Å². The van der Waals surface area contributed by atoms with Gasteiger partial charge in [0.25, 0.3) is 5.56 Å². The third-order valence-electron chi connectivity index (χ3n) is 4.01. The second-order valence-corrected chi connectivity index (χ2v) is 5.41. The zero-order valence-corrected chi connectivity index (χ0v) is 12.8. The maximum atomic E-state index is 12.7. The third kappa shape index (κ3) is 2.23. The first-order chi connectivity index (χ1) is 11.8. The number of aromatic amines is 2. The Kier molecular flexibility index (Phi) is 3.31. The van der Waals surface area contributed by atoms with Gasteiger partial charge in [0.2, 0.25) is 0 Å².